The summed E-state index contributed by atoms with van der Waals surface area (Å²) in [6.45, 7) is 7.27. The summed E-state index contributed by atoms with van der Waals surface area (Å²) in [4.78, 5) is 19.4. The molecule has 2 rings (SSSR count). The maximum absolute atomic E-state index is 14.1. The number of nitrogens with zero attached hydrogens (tertiary/aromatic N) is 2. The first-order chi connectivity index (χ1) is 9.75. The molecule has 0 radical (unpaired) electrons. The van der Waals surface area contributed by atoms with Crippen molar-refractivity contribution in [2.45, 2.75) is 33.1 Å². The van der Waals surface area contributed by atoms with Crippen molar-refractivity contribution in [2.75, 3.05) is 5.32 Å². The molecule has 5 nitrogen and oxygen atoms in total. The molecule has 0 saturated carbocycles. The first-order valence-corrected chi connectivity index (χ1v) is 7.14. The number of carbonyl (C=O) groups excluding carboxylic acids is 1. The van der Waals surface area contributed by atoms with E-state index in [4.69, 9.17) is 4.42 Å². The molecule has 21 heavy (non-hydrogen) atoms. The minimum Gasteiger partial charge on any atom is -0.439 e. The van der Waals surface area contributed by atoms with Gasteiger partial charge >= 0.3 is 0 Å². The van der Waals surface area contributed by atoms with Crippen LogP contribution in [-0.2, 0) is 10.2 Å². The van der Waals surface area contributed by atoms with Gasteiger partial charge in [-0.05, 0) is 6.08 Å². The third kappa shape index (κ3) is 3.98. The van der Waals surface area contributed by atoms with Crippen LogP contribution in [0.15, 0.2) is 16.8 Å². The van der Waals surface area contributed by atoms with Gasteiger partial charge in [0.25, 0.3) is 5.89 Å². The third-order valence-electron chi connectivity index (χ3n) is 2.52. The Balaban J connectivity index is 2.19. The molecule has 2 aromatic rings. The molecular formula is C14H16FN3O2S. The van der Waals surface area contributed by atoms with Crippen molar-refractivity contribution < 1.29 is 13.6 Å². The van der Waals surface area contributed by atoms with Gasteiger partial charge < -0.3 is 9.73 Å². The van der Waals surface area contributed by atoms with Gasteiger partial charge in [-0.1, -0.05) is 32.1 Å². The second-order valence-corrected chi connectivity index (χ2v) is 6.58. The molecule has 0 spiro atoms. The second-order valence-electron chi connectivity index (χ2n) is 5.52. The van der Waals surface area contributed by atoms with Crippen molar-refractivity contribution in [3.8, 4) is 0 Å². The van der Waals surface area contributed by atoms with Crippen LogP contribution in [0.5, 0.6) is 0 Å². The Morgan fingerprint density at radius 2 is 2.10 bits per heavy atom. The Labute approximate surface area is 125 Å². The number of hydrogen-bond acceptors (Lipinski definition) is 5. The average molecular weight is 309 g/mol. The zero-order valence-electron chi connectivity index (χ0n) is 12.2. The Morgan fingerprint density at radius 3 is 2.67 bits per heavy atom. The highest BCUT2D eigenvalue weighted by Crippen LogP contribution is 2.28. The molecule has 7 heteroatoms. The maximum Gasteiger partial charge on any atom is 0.255 e. The SMILES string of the molecule is CC(=O)Nc1ncc(/C=C(/F)c2ncc(C(C)(C)C)o2)s1. The summed E-state index contributed by atoms with van der Waals surface area (Å²) in [6.07, 6.45) is 4.28. The molecule has 0 bridgehead atoms. The lowest BCUT2D eigenvalue weighted by atomic mass is 9.94. The minimum atomic E-state index is -0.580. The number of oxazole rings is 1. The Kier molecular flexibility index (Phi) is 4.22. The van der Waals surface area contributed by atoms with Gasteiger partial charge in [0.05, 0.1) is 11.1 Å². The van der Waals surface area contributed by atoms with E-state index in [1.165, 1.54) is 36.7 Å². The Morgan fingerprint density at radius 1 is 1.38 bits per heavy atom. The van der Waals surface area contributed by atoms with Crippen LogP contribution in [0.1, 0.15) is 44.2 Å². The first-order valence-electron chi connectivity index (χ1n) is 6.33. The largest absolute Gasteiger partial charge is 0.439 e. The molecule has 0 saturated heterocycles. The second kappa shape index (κ2) is 5.77. The zero-order chi connectivity index (χ0) is 15.6. The van der Waals surface area contributed by atoms with Crippen LogP contribution in [0.3, 0.4) is 0 Å². The summed E-state index contributed by atoms with van der Waals surface area (Å²) in [6, 6.07) is 0. The number of hydrogen-bond donors (Lipinski definition) is 1. The van der Waals surface area contributed by atoms with Crippen LogP contribution >= 0.6 is 11.3 Å². The number of halogens is 1. The average Bonchev–Trinajstić information content (AvgIpc) is 2.96. The normalized spacial score (nSPS) is 12.5. The number of nitrogens with one attached hydrogen (secondary N) is 1. The molecule has 2 heterocycles. The molecule has 0 fully saturated rings. The van der Waals surface area contributed by atoms with E-state index in [-0.39, 0.29) is 17.2 Å². The lowest BCUT2D eigenvalue weighted by Crippen LogP contribution is -2.09. The van der Waals surface area contributed by atoms with Crippen LogP contribution < -0.4 is 5.32 Å². The van der Waals surface area contributed by atoms with Gasteiger partial charge in [0.1, 0.15) is 5.76 Å². The monoisotopic (exact) mass is 309 g/mol. The van der Waals surface area contributed by atoms with E-state index in [0.717, 1.165) is 0 Å². The lowest BCUT2D eigenvalue weighted by molar-refractivity contribution is -0.114. The van der Waals surface area contributed by atoms with Crippen molar-refractivity contribution in [3.63, 3.8) is 0 Å². The van der Waals surface area contributed by atoms with Crippen molar-refractivity contribution in [3.05, 3.63) is 28.9 Å². The van der Waals surface area contributed by atoms with Crippen LogP contribution in [0.2, 0.25) is 0 Å². The molecule has 1 N–H and O–H groups in total. The van der Waals surface area contributed by atoms with E-state index >= 15 is 0 Å². The van der Waals surface area contributed by atoms with Gasteiger partial charge in [-0.25, -0.2) is 14.4 Å². The maximum atomic E-state index is 14.1. The lowest BCUT2D eigenvalue weighted by Gasteiger charge is -2.12. The first kappa shape index (κ1) is 15.4. The van der Waals surface area contributed by atoms with Gasteiger partial charge in [0.2, 0.25) is 5.91 Å². The van der Waals surface area contributed by atoms with Crippen molar-refractivity contribution in [1.29, 1.82) is 0 Å². The fourth-order valence-corrected chi connectivity index (χ4v) is 2.27. The number of rotatable bonds is 3. The van der Waals surface area contributed by atoms with E-state index in [9.17, 15) is 9.18 Å². The smallest absolute Gasteiger partial charge is 0.255 e. The zero-order valence-corrected chi connectivity index (χ0v) is 13.0. The van der Waals surface area contributed by atoms with Gasteiger partial charge in [-0.3, -0.25) is 4.79 Å². The van der Waals surface area contributed by atoms with Gasteiger partial charge in [0, 0.05) is 18.5 Å². The minimum absolute atomic E-state index is 0.0607. The molecule has 2 aromatic heterocycles. The fourth-order valence-electron chi connectivity index (χ4n) is 1.48. The summed E-state index contributed by atoms with van der Waals surface area (Å²) in [7, 11) is 0. The van der Waals surface area contributed by atoms with Gasteiger partial charge in [0.15, 0.2) is 11.0 Å². The quantitative estimate of drug-likeness (QED) is 0.935. The van der Waals surface area contributed by atoms with E-state index in [1.54, 1.807) is 0 Å². The van der Waals surface area contributed by atoms with E-state index < -0.39 is 5.83 Å². The molecule has 0 unspecified atom stereocenters. The van der Waals surface area contributed by atoms with E-state index in [2.05, 4.69) is 15.3 Å². The van der Waals surface area contributed by atoms with E-state index in [0.29, 0.717) is 15.8 Å². The molecular weight excluding hydrogens is 293 g/mol. The molecule has 0 aliphatic carbocycles. The van der Waals surface area contributed by atoms with Gasteiger partial charge in [-0.2, -0.15) is 0 Å². The topological polar surface area (TPSA) is 68.0 Å². The fraction of sp³-hybridized carbons (Fsp3) is 0.357. The van der Waals surface area contributed by atoms with Crippen LogP contribution in [0.4, 0.5) is 9.52 Å². The molecule has 1 amide bonds. The number of amides is 1. The highest BCUT2D eigenvalue weighted by molar-refractivity contribution is 7.16. The summed E-state index contributed by atoms with van der Waals surface area (Å²) in [5.41, 5.74) is -0.228. The number of thiazole rings is 1. The van der Waals surface area contributed by atoms with Crippen molar-refractivity contribution in [1.82, 2.24) is 9.97 Å². The van der Waals surface area contributed by atoms with E-state index in [1.807, 2.05) is 20.8 Å². The summed E-state index contributed by atoms with van der Waals surface area (Å²) in [5, 5.41) is 2.96. The van der Waals surface area contributed by atoms with Crippen LogP contribution in [0.25, 0.3) is 11.9 Å². The summed E-state index contributed by atoms with van der Waals surface area (Å²) < 4.78 is 19.5. The number of aromatic nitrogens is 2. The van der Waals surface area contributed by atoms with Crippen LogP contribution in [-0.4, -0.2) is 15.9 Å². The molecule has 0 aliphatic rings. The highest BCUT2D eigenvalue weighted by atomic mass is 32.1. The van der Waals surface area contributed by atoms with Crippen molar-refractivity contribution in [2.24, 2.45) is 0 Å². The predicted octanol–water partition coefficient (Wildman–Crippen LogP) is 3.85. The number of anilines is 1. The molecule has 0 atom stereocenters. The standard InChI is InChI=1S/C14H16FN3O2S/c1-8(19)18-13-17-6-9(21-13)5-10(15)12-16-7-11(20-12)14(2,3)4/h5-7H,1-4H3,(H,17,18,19)/b10-5+. The third-order valence-corrected chi connectivity index (χ3v) is 3.38. The Bertz CT molecular complexity index is 682. The summed E-state index contributed by atoms with van der Waals surface area (Å²) in [5.74, 6) is -0.245. The Hall–Kier alpha value is -2.02. The highest BCUT2D eigenvalue weighted by Gasteiger charge is 2.20. The number of carbonyl (C=O) groups is 1. The van der Waals surface area contributed by atoms with Crippen molar-refractivity contribution >= 4 is 34.3 Å². The molecule has 112 valence electrons. The molecule has 0 aromatic carbocycles. The predicted molar refractivity (Wildman–Crippen MR) is 80.6 cm³/mol. The summed E-state index contributed by atoms with van der Waals surface area (Å²) >= 11 is 1.17. The van der Waals surface area contributed by atoms with Gasteiger partial charge in [-0.15, -0.1) is 0 Å². The molecule has 0 aliphatic heterocycles. The van der Waals surface area contributed by atoms with Crippen LogP contribution in [0, 0.1) is 0 Å².